The van der Waals surface area contributed by atoms with Crippen LogP contribution in [0.2, 0.25) is 0 Å². The Hall–Kier alpha value is -3.54. The van der Waals surface area contributed by atoms with Gasteiger partial charge in [-0.3, -0.25) is 4.79 Å². The van der Waals surface area contributed by atoms with Gasteiger partial charge in [-0.25, -0.2) is 4.79 Å². The molecule has 0 radical (unpaired) electrons. The topological polar surface area (TPSA) is 69.0 Å². The van der Waals surface area contributed by atoms with Crippen LogP contribution in [-0.4, -0.2) is 36.6 Å². The summed E-state index contributed by atoms with van der Waals surface area (Å²) in [6.45, 7) is 2.74. The molecule has 1 aliphatic heterocycles. The fourth-order valence-corrected chi connectivity index (χ4v) is 3.50. The predicted molar refractivity (Wildman–Crippen MR) is 113 cm³/mol. The molecule has 1 amide bonds. The maximum atomic E-state index is 12.5. The molecule has 0 bridgehead atoms. The molecule has 2 aromatic carbocycles. The standard InChI is InChI=1S/C24H23NO5/c1-17-13-22(14-24(27)29-17)30-21-11-12-25(15-21)23(26)16-28-20-9-7-19(8-10-20)18-5-3-2-4-6-18/h2-10,13-14,21H,11-12,15-16H2,1H3. The number of rotatable bonds is 6. The molecule has 154 valence electrons. The molecular weight excluding hydrogens is 382 g/mol. The van der Waals surface area contributed by atoms with Gasteiger partial charge in [-0.15, -0.1) is 0 Å². The van der Waals surface area contributed by atoms with Crippen LogP contribution in [0, 0.1) is 6.92 Å². The van der Waals surface area contributed by atoms with Crippen molar-refractivity contribution in [3.63, 3.8) is 0 Å². The number of hydrogen-bond donors (Lipinski definition) is 0. The average Bonchev–Trinajstić information content (AvgIpc) is 3.21. The Morgan fingerprint density at radius 1 is 1.03 bits per heavy atom. The predicted octanol–water partition coefficient (Wildman–Crippen LogP) is 3.67. The average molecular weight is 405 g/mol. The van der Waals surface area contributed by atoms with Gasteiger partial charge in [-0.05, 0) is 30.2 Å². The van der Waals surface area contributed by atoms with Gasteiger partial charge in [0.05, 0.1) is 12.6 Å². The van der Waals surface area contributed by atoms with E-state index in [2.05, 4.69) is 12.1 Å². The largest absolute Gasteiger partial charge is 0.488 e. The number of amides is 1. The van der Waals surface area contributed by atoms with E-state index < -0.39 is 5.63 Å². The summed E-state index contributed by atoms with van der Waals surface area (Å²) in [6.07, 6.45) is 0.553. The lowest BCUT2D eigenvalue weighted by molar-refractivity contribution is -0.132. The van der Waals surface area contributed by atoms with E-state index in [1.807, 2.05) is 42.5 Å². The molecule has 3 aromatic rings. The van der Waals surface area contributed by atoms with E-state index in [0.29, 0.717) is 36.8 Å². The van der Waals surface area contributed by atoms with Crippen LogP contribution >= 0.6 is 0 Å². The van der Waals surface area contributed by atoms with Crippen LogP contribution in [0.15, 0.2) is 75.9 Å². The second-order valence-electron chi connectivity index (χ2n) is 7.27. The first-order valence-corrected chi connectivity index (χ1v) is 9.91. The van der Waals surface area contributed by atoms with E-state index in [1.54, 1.807) is 17.9 Å². The molecule has 0 N–H and O–H groups in total. The second-order valence-corrected chi connectivity index (χ2v) is 7.27. The summed E-state index contributed by atoms with van der Waals surface area (Å²) in [5.41, 5.74) is 1.79. The Morgan fingerprint density at radius 3 is 2.50 bits per heavy atom. The van der Waals surface area contributed by atoms with E-state index in [4.69, 9.17) is 13.9 Å². The van der Waals surface area contributed by atoms with Gasteiger partial charge < -0.3 is 18.8 Å². The van der Waals surface area contributed by atoms with Crippen molar-refractivity contribution in [1.29, 1.82) is 0 Å². The molecular formula is C24H23NO5. The smallest absolute Gasteiger partial charge is 0.339 e. The summed E-state index contributed by atoms with van der Waals surface area (Å²) >= 11 is 0. The molecule has 6 nitrogen and oxygen atoms in total. The molecule has 4 rings (SSSR count). The number of likely N-dealkylation sites (tertiary alicyclic amines) is 1. The summed E-state index contributed by atoms with van der Waals surface area (Å²) in [5, 5.41) is 0. The second kappa shape index (κ2) is 8.86. The molecule has 0 saturated carbocycles. The van der Waals surface area contributed by atoms with Crippen LogP contribution in [-0.2, 0) is 4.79 Å². The van der Waals surface area contributed by atoms with Gasteiger partial charge in [0.15, 0.2) is 6.61 Å². The minimum Gasteiger partial charge on any atom is -0.488 e. The molecule has 1 aromatic heterocycles. The monoisotopic (exact) mass is 405 g/mol. The van der Waals surface area contributed by atoms with Crippen LogP contribution in [0.25, 0.3) is 11.1 Å². The normalized spacial score (nSPS) is 15.8. The first-order chi connectivity index (χ1) is 14.6. The van der Waals surface area contributed by atoms with E-state index in [9.17, 15) is 9.59 Å². The minimum absolute atomic E-state index is 0.0224. The van der Waals surface area contributed by atoms with Crippen molar-refractivity contribution in [2.24, 2.45) is 0 Å². The zero-order valence-corrected chi connectivity index (χ0v) is 16.7. The van der Waals surface area contributed by atoms with Crippen molar-refractivity contribution in [1.82, 2.24) is 4.90 Å². The molecule has 6 heteroatoms. The van der Waals surface area contributed by atoms with Gasteiger partial charge in [0, 0.05) is 19.0 Å². The molecule has 1 atom stereocenters. The Labute approximate surface area is 174 Å². The number of aryl methyl sites for hydroxylation is 1. The third-order valence-corrected chi connectivity index (χ3v) is 4.99. The van der Waals surface area contributed by atoms with Crippen LogP contribution in [0.1, 0.15) is 12.2 Å². The van der Waals surface area contributed by atoms with Gasteiger partial charge in [-0.2, -0.15) is 0 Å². The molecule has 30 heavy (non-hydrogen) atoms. The quantitative estimate of drug-likeness (QED) is 0.626. The van der Waals surface area contributed by atoms with E-state index in [0.717, 1.165) is 11.1 Å². The fraction of sp³-hybridized carbons (Fsp3) is 0.250. The first-order valence-electron chi connectivity index (χ1n) is 9.91. The number of hydrogen-bond acceptors (Lipinski definition) is 5. The lowest BCUT2D eigenvalue weighted by atomic mass is 10.1. The summed E-state index contributed by atoms with van der Waals surface area (Å²) in [4.78, 5) is 25.7. The summed E-state index contributed by atoms with van der Waals surface area (Å²) < 4.78 is 16.4. The molecule has 2 heterocycles. The summed E-state index contributed by atoms with van der Waals surface area (Å²) in [5.74, 6) is 1.53. The van der Waals surface area contributed by atoms with Gasteiger partial charge >= 0.3 is 5.63 Å². The molecule has 1 fully saturated rings. The highest BCUT2D eigenvalue weighted by Crippen LogP contribution is 2.22. The number of carbonyl (C=O) groups is 1. The highest BCUT2D eigenvalue weighted by molar-refractivity contribution is 5.78. The SMILES string of the molecule is Cc1cc(OC2CCN(C(=O)COc3ccc(-c4ccccc4)cc3)C2)cc(=O)o1. The van der Waals surface area contributed by atoms with Gasteiger partial charge in [-0.1, -0.05) is 42.5 Å². The Kier molecular flexibility index (Phi) is 5.84. The van der Waals surface area contributed by atoms with Crippen LogP contribution in [0.5, 0.6) is 11.5 Å². The zero-order chi connectivity index (χ0) is 20.9. The first kappa shape index (κ1) is 19.8. The third kappa shape index (κ3) is 4.89. The van der Waals surface area contributed by atoms with Crippen molar-refractivity contribution in [3.05, 3.63) is 82.9 Å². The lowest BCUT2D eigenvalue weighted by Crippen LogP contribution is -2.34. The highest BCUT2D eigenvalue weighted by atomic mass is 16.5. The van der Waals surface area contributed by atoms with Crippen LogP contribution < -0.4 is 15.1 Å². The number of nitrogens with zero attached hydrogens (tertiary/aromatic N) is 1. The van der Waals surface area contributed by atoms with Crippen molar-refractivity contribution in [2.75, 3.05) is 19.7 Å². The van der Waals surface area contributed by atoms with Gasteiger partial charge in [0.25, 0.3) is 5.91 Å². The van der Waals surface area contributed by atoms with Gasteiger partial charge in [0.2, 0.25) is 0 Å². The van der Waals surface area contributed by atoms with Crippen molar-refractivity contribution in [3.8, 4) is 22.6 Å². The molecule has 1 aliphatic rings. The fourth-order valence-electron chi connectivity index (χ4n) is 3.50. The number of carbonyl (C=O) groups excluding carboxylic acids is 1. The van der Waals surface area contributed by atoms with Crippen molar-refractivity contribution >= 4 is 5.91 Å². The highest BCUT2D eigenvalue weighted by Gasteiger charge is 2.28. The van der Waals surface area contributed by atoms with Crippen molar-refractivity contribution < 1.29 is 18.7 Å². The maximum Gasteiger partial charge on any atom is 0.339 e. The maximum absolute atomic E-state index is 12.5. The van der Waals surface area contributed by atoms with Crippen LogP contribution in [0.4, 0.5) is 0 Å². The van der Waals surface area contributed by atoms with E-state index in [-0.39, 0.29) is 18.6 Å². The zero-order valence-electron chi connectivity index (χ0n) is 16.7. The Bertz CT molecular complexity index is 1060. The van der Waals surface area contributed by atoms with Crippen molar-refractivity contribution in [2.45, 2.75) is 19.4 Å². The molecule has 0 aliphatic carbocycles. The number of ether oxygens (including phenoxy) is 2. The van der Waals surface area contributed by atoms with Gasteiger partial charge in [0.1, 0.15) is 23.4 Å². The lowest BCUT2D eigenvalue weighted by Gasteiger charge is -2.17. The molecule has 1 saturated heterocycles. The Morgan fingerprint density at radius 2 is 1.77 bits per heavy atom. The molecule has 0 spiro atoms. The minimum atomic E-state index is -0.442. The number of benzene rings is 2. The molecule has 1 unspecified atom stereocenters. The van der Waals surface area contributed by atoms with E-state index in [1.165, 1.54) is 6.07 Å². The third-order valence-electron chi connectivity index (χ3n) is 4.99. The summed E-state index contributed by atoms with van der Waals surface area (Å²) in [7, 11) is 0. The van der Waals surface area contributed by atoms with Crippen LogP contribution in [0.3, 0.4) is 0 Å². The van der Waals surface area contributed by atoms with E-state index >= 15 is 0 Å². The Balaban J connectivity index is 1.28. The summed E-state index contributed by atoms with van der Waals surface area (Å²) in [6, 6.07) is 20.8.